The monoisotopic (exact) mass is 374 g/mol. The molecule has 2 heterocycles. The smallest absolute Gasteiger partial charge is 0.223 e. The van der Waals surface area contributed by atoms with E-state index in [4.69, 9.17) is 0 Å². The Bertz CT molecular complexity index is 738. The lowest BCUT2D eigenvalue weighted by molar-refractivity contribution is -0.125. The lowest BCUT2D eigenvalue weighted by atomic mass is 9.95. The van der Waals surface area contributed by atoms with Crippen LogP contribution in [0.3, 0.4) is 0 Å². The predicted octanol–water partition coefficient (Wildman–Crippen LogP) is 2.89. The highest BCUT2D eigenvalue weighted by molar-refractivity contribution is 9.10. The van der Waals surface area contributed by atoms with Crippen LogP contribution in [0.1, 0.15) is 25.7 Å². The van der Waals surface area contributed by atoms with Gasteiger partial charge in [-0.25, -0.2) is 9.97 Å². The van der Waals surface area contributed by atoms with E-state index < -0.39 is 0 Å². The zero-order valence-corrected chi connectivity index (χ0v) is 14.4. The predicted molar refractivity (Wildman–Crippen MR) is 93.3 cm³/mol. The number of nitrogens with one attached hydrogen (secondary N) is 1. The molecule has 120 valence electrons. The molecule has 1 amide bonds. The van der Waals surface area contributed by atoms with E-state index in [1.807, 2.05) is 12.1 Å². The summed E-state index contributed by atoms with van der Waals surface area (Å²) in [5, 5.41) is 4.18. The van der Waals surface area contributed by atoms with Gasteiger partial charge in [0.2, 0.25) is 5.91 Å². The molecule has 0 spiro atoms. The van der Waals surface area contributed by atoms with Gasteiger partial charge in [-0.2, -0.15) is 0 Å². The van der Waals surface area contributed by atoms with Crippen LogP contribution in [0.4, 0.5) is 5.82 Å². The molecule has 1 saturated carbocycles. The van der Waals surface area contributed by atoms with Gasteiger partial charge in [-0.1, -0.05) is 15.9 Å². The van der Waals surface area contributed by atoms with Crippen molar-refractivity contribution < 1.29 is 4.79 Å². The largest absolute Gasteiger partial charge is 0.356 e. The summed E-state index contributed by atoms with van der Waals surface area (Å²) in [5.41, 5.74) is 0.951. The van der Waals surface area contributed by atoms with E-state index in [0.29, 0.717) is 6.04 Å². The quantitative estimate of drug-likeness (QED) is 0.897. The van der Waals surface area contributed by atoms with Crippen molar-refractivity contribution >= 4 is 38.6 Å². The van der Waals surface area contributed by atoms with E-state index in [0.717, 1.165) is 60.0 Å². The van der Waals surface area contributed by atoms with Crippen LogP contribution in [0.25, 0.3) is 10.9 Å². The molecule has 1 aliphatic heterocycles. The number of carbonyl (C=O) groups is 1. The second-order valence-electron chi connectivity index (χ2n) is 6.40. The number of hydrogen-bond acceptors (Lipinski definition) is 4. The first-order valence-corrected chi connectivity index (χ1v) is 8.95. The highest BCUT2D eigenvalue weighted by Crippen LogP contribution is 2.29. The van der Waals surface area contributed by atoms with Crippen LogP contribution >= 0.6 is 15.9 Å². The maximum atomic E-state index is 12.2. The van der Waals surface area contributed by atoms with Gasteiger partial charge in [0, 0.05) is 34.9 Å². The molecule has 23 heavy (non-hydrogen) atoms. The summed E-state index contributed by atoms with van der Waals surface area (Å²) < 4.78 is 1.03. The number of amides is 1. The van der Waals surface area contributed by atoms with Crippen molar-refractivity contribution in [2.75, 3.05) is 18.0 Å². The van der Waals surface area contributed by atoms with Gasteiger partial charge < -0.3 is 10.2 Å². The molecule has 2 fully saturated rings. The summed E-state index contributed by atoms with van der Waals surface area (Å²) in [6.45, 7) is 1.72. The minimum Gasteiger partial charge on any atom is -0.356 e. The Balaban J connectivity index is 1.49. The summed E-state index contributed by atoms with van der Waals surface area (Å²) in [6.07, 6.45) is 5.69. The zero-order valence-electron chi connectivity index (χ0n) is 12.8. The summed E-state index contributed by atoms with van der Waals surface area (Å²) in [4.78, 5) is 23.3. The SMILES string of the molecule is O=C(NC1CC1)C1CCN(c2ncnc3ccc(Br)cc23)CC1. The van der Waals surface area contributed by atoms with Crippen LogP contribution in [-0.2, 0) is 4.79 Å². The first-order valence-electron chi connectivity index (χ1n) is 8.16. The van der Waals surface area contributed by atoms with E-state index in [9.17, 15) is 4.79 Å². The highest BCUT2D eigenvalue weighted by Gasteiger charge is 2.30. The summed E-state index contributed by atoms with van der Waals surface area (Å²) in [6, 6.07) is 6.51. The molecule has 1 aliphatic carbocycles. The average Bonchev–Trinajstić information content (AvgIpc) is 3.38. The fraction of sp³-hybridized carbons (Fsp3) is 0.471. The van der Waals surface area contributed by atoms with Crippen molar-refractivity contribution in [2.24, 2.45) is 5.92 Å². The van der Waals surface area contributed by atoms with E-state index in [-0.39, 0.29) is 11.8 Å². The Morgan fingerprint density at radius 2 is 1.96 bits per heavy atom. The molecule has 2 aromatic rings. The van der Waals surface area contributed by atoms with Crippen molar-refractivity contribution in [2.45, 2.75) is 31.7 Å². The molecule has 1 aromatic carbocycles. The lowest BCUT2D eigenvalue weighted by Gasteiger charge is -2.32. The summed E-state index contributed by atoms with van der Waals surface area (Å²) in [7, 11) is 0. The molecule has 6 heteroatoms. The fourth-order valence-corrected chi connectivity index (χ4v) is 3.53. The molecule has 0 unspecified atom stereocenters. The van der Waals surface area contributed by atoms with E-state index in [2.05, 4.69) is 42.2 Å². The molecule has 1 saturated heterocycles. The van der Waals surface area contributed by atoms with Crippen LogP contribution in [0.5, 0.6) is 0 Å². The third-order valence-electron chi connectivity index (χ3n) is 4.67. The number of hydrogen-bond donors (Lipinski definition) is 1. The van der Waals surface area contributed by atoms with Crippen LogP contribution < -0.4 is 10.2 Å². The average molecular weight is 375 g/mol. The standard InChI is InChI=1S/C17H19BrN4O/c18-12-1-4-15-14(9-12)16(20-10-19-15)22-7-5-11(6-8-22)17(23)21-13-2-3-13/h1,4,9-11,13H,2-3,5-8H2,(H,21,23). The normalized spacial score (nSPS) is 19.1. The fourth-order valence-electron chi connectivity index (χ4n) is 3.17. The number of aromatic nitrogens is 2. The van der Waals surface area contributed by atoms with E-state index in [1.165, 1.54) is 0 Å². The second-order valence-corrected chi connectivity index (χ2v) is 7.32. The second kappa shape index (κ2) is 6.07. The molecule has 0 radical (unpaired) electrons. The first kappa shape index (κ1) is 14.9. The van der Waals surface area contributed by atoms with Crippen molar-refractivity contribution in [1.82, 2.24) is 15.3 Å². The van der Waals surface area contributed by atoms with Gasteiger partial charge in [0.05, 0.1) is 5.52 Å². The van der Waals surface area contributed by atoms with Gasteiger partial charge >= 0.3 is 0 Å². The van der Waals surface area contributed by atoms with Crippen LogP contribution in [0, 0.1) is 5.92 Å². The maximum absolute atomic E-state index is 12.2. The van der Waals surface area contributed by atoms with Crippen molar-refractivity contribution in [3.05, 3.63) is 29.0 Å². The van der Waals surface area contributed by atoms with Gasteiger partial charge in [-0.3, -0.25) is 4.79 Å². The Kier molecular flexibility index (Phi) is 3.93. The van der Waals surface area contributed by atoms with Crippen LogP contribution in [-0.4, -0.2) is 35.0 Å². The van der Waals surface area contributed by atoms with Gasteiger partial charge in [0.1, 0.15) is 12.1 Å². The Morgan fingerprint density at radius 3 is 2.70 bits per heavy atom. The Morgan fingerprint density at radius 1 is 1.17 bits per heavy atom. The number of nitrogens with zero attached hydrogens (tertiary/aromatic N) is 3. The van der Waals surface area contributed by atoms with Crippen LogP contribution in [0.15, 0.2) is 29.0 Å². The molecular formula is C17H19BrN4O. The number of halogens is 1. The molecule has 1 N–H and O–H groups in total. The Labute approximate surface area is 143 Å². The lowest BCUT2D eigenvalue weighted by Crippen LogP contribution is -2.41. The minimum atomic E-state index is 0.145. The number of piperidine rings is 1. The van der Waals surface area contributed by atoms with Gasteiger partial charge in [0.25, 0.3) is 0 Å². The molecular weight excluding hydrogens is 356 g/mol. The molecule has 0 atom stereocenters. The van der Waals surface area contributed by atoms with Crippen molar-refractivity contribution in [1.29, 1.82) is 0 Å². The number of carbonyl (C=O) groups excluding carboxylic acids is 1. The van der Waals surface area contributed by atoms with Crippen molar-refractivity contribution in [3.63, 3.8) is 0 Å². The topological polar surface area (TPSA) is 58.1 Å². The molecule has 4 rings (SSSR count). The van der Waals surface area contributed by atoms with Crippen LogP contribution in [0.2, 0.25) is 0 Å². The molecule has 2 aliphatic rings. The summed E-state index contributed by atoms with van der Waals surface area (Å²) in [5.74, 6) is 1.35. The summed E-state index contributed by atoms with van der Waals surface area (Å²) >= 11 is 3.52. The maximum Gasteiger partial charge on any atom is 0.223 e. The third kappa shape index (κ3) is 3.17. The number of rotatable bonds is 3. The Hall–Kier alpha value is -1.69. The minimum absolute atomic E-state index is 0.145. The molecule has 0 bridgehead atoms. The van der Waals surface area contributed by atoms with Gasteiger partial charge in [-0.15, -0.1) is 0 Å². The third-order valence-corrected chi connectivity index (χ3v) is 5.16. The zero-order chi connectivity index (χ0) is 15.8. The number of benzene rings is 1. The van der Waals surface area contributed by atoms with E-state index in [1.54, 1.807) is 6.33 Å². The first-order chi connectivity index (χ1) is 11.2. The van der Waals surface area contributed by atoms with Gasteiger partial charge in [0.15, 0.2) is 0 Å². The van der Waals surface area contributed by atoms with E-state index >= 15 is 0 Å². The number of fused-ring (bicyclic) bond motifs is 1. The molecule has 1 aromatic heterocycles. The van der Waals surface area contributed by atoms with Crippen molar-refractivity contribution in [3.8, 4) is 0 Å². The molecule has 5 nitrogen and oxygen atoms in total. The van der Waals surface area contributed by atoms with Gasteiger partial charge in [-0.05, 0) is 43.9 Å². The number of anilines is 1. The highest BCUT2D eigenvalue weighted by atomic mass is 79.9.